The van der Waals surface area contributed by atoms with Gasteiger partial charge in [-0.25, -0.2) is 9.78 Å². The van der Waals surface area contributed by atoms with E-state index in [1.807, 2.05) is 6.92 Å². The quantitative estimate of drug-likeness (QED) is 0.823. The number of nitrogens with one attached hydrogen (secondary N) is 1. The topological polar surface area (TPSA) is 62.2 Å². The van der Waals surface area contributed by atoms with Crippen molar-refractivity contribution in [1.82, 2.24) is 4.98 Å². The van der Waals surface area contributed by atoms with Crippen molar-refractivity contribution in [3.63, 3.8) is 0 Å². The van der Waals surface area contributed by atoms with Gasteiger partial charge in [-0.1, -0.05) is 19.8 Å². The van der Waals surface area contributed by atoms with Crippen molar-refractivity contribution in [3.05, 3.63) is 10.6 Å². The maximum Gasteiger partial charge on any atom is 0.355 e. The van der Waals surface area contributed by atoms with Crippen molar-refractivity contribution in [2.75, 3.05) is 5.32 Å². The molecule has 0 aliphatic heterocycles. The first kappa shape index (κ1) is 13.3. The minimum absolute atomic E-state index is 0.185. The Bertz CT molecular complexity index is 431. The number of carbonyl (C=O) groups is 1. The Morgan fingerprint density at radius 1 is 1.39 bits per heavy atom. The number of aryl methyl sites for hydroxylation is 1. The SMILES string of the molecule is Cc1sc(NC2CCCC(C)CC2)nc1C(=O)O. The molecule has 100 valence electrons. The summed E-state index contributed by atoms with van der Waals surface area (Å²) in [6.07, 6.45) is 6.10. The lowest BCUT2D eigenvalue weighted by molar-refractivity contribution is 0.0690. The molecule has 1 aliphatic carbocycles. The number of thiazole rings is 1. The third-order valence-electron chi connectivity index (χ3n) is 3.58. The van der Waals surface area contributed by atoms with E-state index in [0.717, 1.165) is 28.8 Å². The number of hydrogen-bond donors (Lipinski definition) is 2. The Kier molecular flexibility index (Phi) is 4.22. The van der Waals surface area contributed by atoms with Gasteiger partial charge in [-0.2, -0.15) is 0 Å². The van der Waals surface area contributed by atoms with Crippen molar-refractivity contribution in [2.24, 2.45) is 5.92 Å². The Hall–Kier alpha value is -1.10. The molecule has 5 heteroatoms. The molecule has 1 aromatic rings. The number of hydrogen-bond acceptors (Lipinski definition) is 4. The monoisotopic (exact) mass is 268 g/mol. The van der Waals surface area contributed by atoms with Gasteiger partial charge in [-0.05, 0) is 32.1 Å². The van der Waals surface area contributed by atoms with Crippen LogP contribution in [-0.4, -0.2) is 22.1 Å². The van der Waals surface area contributed by atoms with Crippen molar-refractivity contribution in [1.29, 1.82) is 0 Å². The number of rotatable bonds is 3. The van der Waals surface area contributed by atoms with Crippen molar-refractivity contribution >= 4 is 22.4 Å². The largest absolute Gasteiger partial charge is 0.476 e. The lowest BCUT2D eigenvalue weighted by Crippen LogP contribution is -2.18. The normalized spacial score (nSPS) is 24.6. The van der Waals surface area contributed by atoms with Gasteiger partial charge >= 0.3 is 5.97 Å². The first-order valence-corrected chi connectivity index (χ1v) is 7.35. The summed E-state index contributed by atoms with van der Waals surface area (Å²) in [6, 6.07) is 0.446. The molecule has 2 unspecified atom stereocenters. The van der Waals surface area contributed by atoms with Crippen LogP contribution in [0.25, 0.3) is 0 Å². The predicted octanol–water partition coefficient (Wildman–Crippen LogP) is 3.53. The smallest absolute Gasteiger partial charge is 0.355 e. The van der Waals surface area contributed by atoms with Crippen LogP contribution < -0.4 is 5.32 Å². The first-order valence-electron chi connectivity index (χ1n) is 6.53. The van der Waals surface area contributed by atoms with E-state index in [0.29, 0.717) is 6.04 Å². The number of aromatic nitrogens is 1. The summed E-state index contributed by atoms with van der Waals surface area (Å²) in [5, 5.41) is 13.1. The molecule has 1 aromatic heterocycles. The Labute approximate surface area is 111 Å². The highest BCUT2D eigenvalue weighted by Gasteiger charge is 2.19. The molecule has 0 spiro atoms. The van der Waals surface area contributed by atoms with Crippen molar-refractivity contribution in [3.8, 4) is 0 Å². The second-order valence-electron chi connectivity index (χ2n) is 5.18. The van der Waals surface area contributed by atoms with Gasteiger partial charge < -0.3 is 10.4 Å². The molecule has 2 atom stereocenters. The van der Waals surface area contributed by atoms with E-state index in [4.69, 9.17) is 5.11 Å². The van der Waals surface area contributed by atoms with E-state index in [9.17, 15) is 4.79 Å². The van der Waals surface area contributed by atoms with Gasteiger partial charge in [0.25, 0.3) is 0 Å². The lowest BCUT2D eigenvalue weighted by atomic mass is 10.0. The molecule has 2 rings (SSSR count). The molecule has 2 N–H and O–H groups in total. The molecule has 0 bridgehead atoms. The summed E-state index contributed by atoms with van der Waals surface area (Å²) < 4.78 is 0. The van der Waals surface area contributed by atoms with Crippen molar-refractivity contribution < 1.29 is 9.90 Å². The first-order chi connectivity index (χ1) is 8.56. The fourth-order valence-electron chi connectivity index (χ4n) is 2.46. The van der Waals surface area contributed by atoms with Crippen LogP contribution in [-0.2, 0) is 0 Å². The minimum Gasteiger partial charge on any atom is -0.476 e. The molecule has 4 nitrogen and oxygen atoms in total. The number of anilines is 1. The Morgan fingerprint density at radius 2 is 2.17 bits per heavy atom. The van der Waals surface area contributed by atoms with E-state index >= 15 is 0 Å². The zero-order valence-electron chi connectivity index (χ0n) is 10.9. The number of carboxylic acid groups (broad SMARTS) is 1. The maximum atomic E-state index is 10.9. The van der Waals surface area contributed by atoms with E-state index in [1.54, 1.807) is 0 Å². The molecule has 0 radical (unpaired) electrons. The van der Waals surface area contributed by atoms with Crippen LogP contribution in [0.4, 0.5) is 5.13 Å². The molecule has 0 aromatic carbocycles. The average molecular weight is 268 g/mol. The minimum atomic E-state index is -0.939. The average Bonchev–Trinajstić information content (AvgIpc) is 2.54. The van der Waals surface area contributed by atoms with Crippen LogP contribution in [0, 0.1) is 12.8 Å². The van der Waals surface area contributed by atoms with Gasteiger partial charge in [0.15, 0.2) is 10.8 Å². The molecular weight excluding hydrogens is 248 g/mol. The summed E-state index contributed by atoms with van der Waals surface area (Å²) >= 11 is 1.44. The number of aromatic carboxylic acids is 1. The highest BCUT2D eigenvalue weighted by atomic mass is 32.1. The zero-order chi connectivity index (χ0) is 13.1. The fourth-order valence-corrected chi connectivity index (χ4v) is 3.34. The second-order valence-corrected chi connectivity index (χ2v) is 6.39. The van der Waals surface area contributed by atoms with Crippen LogP contribution in [0.2, 0.25) is 0 Å². The van der Waals surface area contributed by atoms with Gasteiger partial charge in [0, 0.05) is 10.9 Å². The third-order valence-corrected chi connectivity index (χ3v) is 4.49. The Balaban J connectivity index is 2.00. The van der Waals surface area contributed by atoms with Gasteiger partial charge in [0.1, 0.15) is 0 Å². The highest BCUT2D eigenvalue weighted by molar-refractivity contribution is 7.15. The van der Waals surface area contributed by atoms with E-state index in [2.05, 4.69) is 17.2 Å². The molecule has 18 heavy (non-hydrogen) atoms. The molecular formula is C13H20N2O2S. The van der Waals surface area contributed by atoms with Crippen LogP contribution in [0.3, 0.4) is 0 Å². The predicted molar refractivity (Wildman–Crippen MR) is 73.5 cm³/mol. The molecule has 1 aliphatic rings. The molecule has 1 heterocycles. The highest BCUT2D eigenvalue weighted by Crippen LogP contribution is 2.28. The zero-order valence-corrected chi connectivity index (χ0v) is 11.7. The van der Waals surface area contributed by atoms with Gasteiger partial charge in [0.05, 0.1) is 0 Å². The standard InChI is InChI=1S/C13H20N2O2S/c1-8-4-3-5-10(7-6-8)14-13-15-11(12(16)17)9(2)18-13/h8,10H,3-7H2,1-2H3,(H,14,15)(H,16,17). The molecule has 0 amide bonds. The van der Waals surface area contributed by atoms with Crippen LogP contribution in [0.1, 0.15) is 54.4 Å². The van der Waals surface area contributed by atoms with Gasteiger partial charge in [-0.15, -0.1) is 11.3 Å². The van der Waals surface area contributed by atoms with Gasteiger partial charge in [0.2, 0.25) is 0 Å². The maximum absolute atomic E-state index is 10.9. The van der Waals surface area contributed by atoms with E-state index in [-0.39, 0.29) is 5.69 Å². The van der Waals surface area contributed by atoms with Crippen LogP contribution in [0.15, 0.2) is 0 Å². The summed E-state index contributed by atoms with van der Waals surface area (Å²) in [6.45, 7) is 4.11. The summed E-state index contributed by atoms with van der Waals surface area (Å²) in [7, 11) is 0. The number of nitrogens with zero attached hydrogens (tertiary/aromatic N) is 1. The van der Waals surface area contributed by atoms with Crippen molar-refractivity contribution in [2.45, 2.75) is 52.0 Å². The summed E-state index contributed by atoms with van der Waals surface area (Å²) in [5.41, 5.74) is 0.185. The number of carboxylic acids is 1. The van der Waals surface area contributed by atoms with E-state index < -0.39 is 5.97 Å². The summed E-state index contributed by atoms with van der Waals surface area (Å²) in [4.78, 5) is 15.9. The Morgan fingerprint density at radius 3 is 2.83 bits per heavy atom. The molecule has 1 fully saturated rings. The second kappa shape index (κ2) is 5.69. The molecule has 1 saturated carbocycles. The third kappa shape index (κ3) is 3.22. The fraction of sp³-hybridized carbons (Fsp3) is 0.692. The van der Waals surface area contributed by atoms with Gasteiger partial charge in [-0.3, -0.25) is 0 Å². The lowest BCUT2D eigenvalue weighted by Gasteiger charge is -2.15. The van der Waals surface area contributed by atoms with Crippen LogP contribution in [0.5, 0.6) is 0 Å². The van der Waals surface area contributed by atoms with Crippen LogP contribution >= 0.6 is 11.3 Å². The summed E-state index contributed by atoms with van der Waals surface area (Å²) in [5.74, 6) is -0.129. The van der Waals surface area contributed by atoms with E-state index in [1.165, 1.54) is 30.6 Å². The molecule has 0 saturated heterocycles.